The molecule has 2 aromatic carbocycles. The van der Waals surface area contributed by atoms with Gasteiger partial charge in [0.25, 0.3) is 5.91 Å². The number of rotatable bonds is 8. The zero-order valence-electron chi connectivity index (χ0n) is 22.0. The molecule has 2 aromatic heterocycles. The first-order chi connectivity index (χ1) is 17.9. The van der Waals surface area contributed by atoms with E-state index in [0.29, 0.717) is 38.5 Å². The van der Waals surface area contributed by atoms with Crippen molar-refractivity contribution in [2.45, 2.75) is 45.7 Å². The fraction of sp³-hybridized carbons (Fsp3) is 0.400. The Morgan fingerprint density at radius 1 is 1.08 bits per heavy atom. The highest BCUT2D eigenvalue weighted by Crippen LogP contribution is 2.24. The third kappa shape index (κ3) is 6.29. The standard InChI is InChI=1S/C30H36N4O2S/c1-30(2,3)24-10-8-22(9-11-24)19-33(13-12-23-18-31-26-7-5-4-6-25(23)26)20-28-32-27(21-37-28)29(35)34-14-16-36-17-15-34/h4-11,18,21,31H,12-17,19-20H2,1-3H3. The summed E-state index contributed by atoms with van der Waals surface area (Å²) in [6.45, 7) is 11.6. The molecular formula is C30H36N4O2S. The summed E-state index contributed by atoms with van der Waals surface area (Å²) in [5, 5.41) is 4.16. The molecule has 1 fully saturated rings. The lowest BCUT2D eigenvalue weighted by Crippen LogP contribution is -2.40. The summed E-state index contributed by atoms with van der Waals surface area (Å²) >= 11 is 1.57. The first-order valence-electron chi connectivity index (χ1n) is 13.0. The van der Waals surface area contributed by atoms with Crippen LogP contribution in [0.1, 0.15) is 53.0 Å². The van der Waals surface area contributed by atoms with Crippen LogP contribution in [0.4, 0.5) is 0 Å². The average molecular weight is 517 g/mol. The van der Waals surface area contributed by atoms with Crippen molar-refractivity contribution >= 4 is 28.1 Å². The number of para-hydroxylation sites is 1. The fourth-order valence-electron chi connectivity index (χ4n) is 4.80. The van der Waals surface area contributed by atoms with Gasteiger partial charge in [-0.25, -0.2) is 4.98 Å². The number of hydrogen-bond acceptors (Lipinski definition) is 5. The zero-order valence-corrected chi connectivity index (χ0v) is 22.8. The molecule has 6 nitrogen and oxygen atoms in total. The van der Waals surface area contributed by atoms with Crippen molar-refractivity contribution < 1.29 is 9.53 Å². The molecule has 37 heavy (non-hydrogen) atoms. The van der Waals surface area contributed by atoms with Crippen LogP contribution < -0.4 is 0 Å². The number of carbonyl (C=O) groups excluding carboxylic acids is 1. The zero-order chi connectivity index (χ0) is 25.8. The number of ether oxygens (including phenoxy) is 1. The number of fused-ring (bicyclic) bond motifs is 1. The van der Waals surface area contributed by atoms with Crippen molar-refractivity contribution in [3.8, 4) is 0 Å². The molecule has 1 N–H and O–H groups in total. The molecule has 0 atom stereocenters. The SMILES string of the molecule is CC(C)(C)c1ccc(CN(CCc2c[nH]c3ccccc23)Cc2nc(C(=O)N3CCOCC3)cs2)cc1. The van der Waals surface area contributed by atoms with Crippen LogP contribution in [0.2, 0.25) is 0 Å². The Morgan fingerprint density at radius 3 is 2.59 bits per heavy atom. The molecule has 0 radical (unpaired) electrons. The molecule has 1 amide bonds. The molecule has 194 valence electrons. The second-order valence-corrected chi connectivity index (χ2v) is 11.7. The van der Waals surface area contributed by atoms with Crippen LogP contribution in [0, 0.1) is 0 Å². The molecular weight excluding hydrogens is 480 g/mol. The number of thiazole rings is 1. The smallest absolute Gasteiger partial charge is 0.273 e. The van der Waals surface area contributed by atoms with Crippen molar-refractivity contribution in [3.05, 3.63) is 87.5 Å². The van der Waals surface area contributed by atoms with Crippen molar-refractivity contribution in [3.63, 3.8) is 0 Å². The van der Waals surface area contributed by atoms with Crippen LogP contribution in [-0.4, -0.2) is 58.5 Å². The third-order valence-electron chi connectivity index (χ3n) is 7.03. The maximum atomic E-state index is 12.9. The molecule has 0 unspecified atom stereocenters. The van der Waals surface area contributed by atoms with Gasteiger partial charge in [0.2, 0.25) is 0 Å². The minimum absolute atomic E-state index is 0.00825. The van der Waals surface area contributed by atoms with E-state index in [1.54, 1.807) is 11.3 Å². The highest BCUT2D eigenvalue weighted by molar-refractivity contribution is 7.09. The van der Waals surface area contributed by atoms with Crippen molar-refractivity contribution in [2.75, 3.05) is 32.8 Å². The Kier molecular flexibility index (Phi) is 7.74. The van der Waals surface area contributed by atoms with E-state index in [4.69, 9.17) is 9.72 Å². The van der Waals surface area contributed by atoms with Crippen LogP contribution in [0.15, 0.2) is 60.1 Å². The van der Waals surface area contributed by atoms with E-state index in [-0.39, 0.29) is 11.3 Å². The summed E-state index contributed by atoms with van der Waals surface area (Å²) in [5.41, 5.74) is 5.81. The topological polar surface area (TPSA) is 61.5 Å². The quantitative estimate of drug-likeness (QED) is 0.329. The number of amides is 1. The Bertz CT molecular complexity index is 1330. The predicted octanol–water partition coefficient (Wildman–Crippen LogP) is 5.64. The molecule has 0 bridgehead atoms. The fourth-order valence-corrected chi connectivity index (χ4v) is 5.61. The van der Waals surface area contributed by atoms with Gasteiger partial charge < -0.3 is 14.6 Å². The van der Waals surface area contributed by atoms with E-state index in [1.165, 1.54) is 27.6 Å². The number of nitrogens with one attached hydrogen (secondary N) is 1. The van der Waals surface area contributed by atoms with E-state index >= 15 is 0 Å². The van der Waals surface area contributed by atoms with Gasteiger partial charge in [0.15, 0.2) is 0 Å². The number of H-pyrrole nitrogens is 1. The first-order valence-corrected chi connectivity index (χ1v) is 13.9. The van der Waals surface area contributed by atoms with E-state index in [9.17, 15) is 4.79 Å². The van der Waals surface area contributed by atoms with E-state index in [1.807, 2.05) is 10.3 Å². The summed E-state index contributed by atoms with van der Waals surface area (Å²) in [4.78, 5) is 25.3. The monoisotopic (exact) mass is 516 g/mol. The lowest BCUT2D eigenvalue weighted by atomic mass is 9.87. The van der Waals surface area contributed by atoms with Crippen molar-refractivity contribution in [2.24, 2.45) is 0 Å². The number of benzene rings is 2. The summed E-state index contributed by atoms with van der Waals surface area (Å²) in [5.74, 6) is 0.00825. The number of morpholine rings is 1. The number of hydrogen-bond donors (Lipinski definition) is 1. The van der Waals surface area contributed by atoms with Gasteiger partial charge in [0, 0.05) is 48.7 Å². The van der Waals surface area contributed by atoms with E-state index < -0.39 is 0 Å². The first kappa shape index (κ1) is 25.6. The number of nitrogens with zero attached hydrogens (tertiary/aromatic N) is 3. The molecule has 3 heterocycles. The molecule has 0 spiro atoms. The van der Waals surface area contributed by atoms with E-state index in [0.717, 1.165) is 24.5 Å². The van der Waals surface area contributed by atoms with Gasteiger partial charge in [0.1, 0.15) is 10.7 Å². The molecule has 4 aromatic rings. The van der Waals surface area contributed by atoms with Crippen LogP contribution in [0.3, 0.4) is 0 Å². The van der Waals surface area contributed by atoms with Crippen molar-refractivity contribution in [1.29, 1.82) is 0 Å². The second-order valence-electron chi connectivity index (χ2n) is 10.8. The van der Waals surface area contributed by atoms with Gasteiger partial charge in [-0.2, -0.15) is 0 Å². The van der Waals surface area contributed by atoms with Crippen molar-refractivity contribution in [1.82, 2.24) is 19.8 Å². The van der Waals surface area contributed by atoms with Crippen LogP contribution in [0.5, 0.6) is 0 Å². The molecule has 0 aliphatic carbocycles. The Morgan fingerprint density at radius 2 is 1.84 bits per heavy atom. The maximum Gasteiger partial charge on any atom is 0.273 e. The second kappa shape index (κ2) is 11.2. The van der Waals surface area contributed by atoms with Crippen LogP contribution >= 0.6 is 11.3 Å². The minimum Gasteiger partial charge on any atom is -0.378 e. The summed E-state index contributed by atoms with van der Waals surface area (Å²) in [6, 6.07) is 17.4. The number of aromatic nitrogens is 2. The van der Waals surface area contributed by atoms with Crippen LogP contribution in [0.25, 0.3) is 10.9 Å². The normalized spacial score (nSPS) is 14.5. The Hall–Kier alpha value is -3.00. The number of aromatic amines is 1. The van der Waals surface area contributed by atoms with Gasteiger partial charge in [0.05, 0.1) is 19.8 Å². The predicted molar refractivity (Wildman–Crippen MR) is 150 cm³/mol. The lowest BCUT2D eigenvalue weighted by molar-refractivity contribution is 0.0299. The highest BCUT2D eigenvalue weighted by atomic mass is 32.1. The summed E-state index contributed by atoms with van der Waals surface area (Å²) in [6.07, 6.45) is 3.07. The summed E-state index contributed by atoms with van der Waals surface area (Å²) < 4.78 is 5.39. The van der Waals surface area contributed by atoms with Gasteiger partial charge in [-0.1, -0.05) is 63.2 Å². The maximum absolute atomic E-state index is 12.9. The molecule has 0 saturated carbocycles. The van der Waals surface area contributed by atoms with Gasteiger partial charge in [-0.15, -0.1) is 11.3 Å². The minimum atomic E-state index is 0.00825. The molecule has 1 saturated heterocycles. The summed E-state index contributed by atoms with van der Waals surface area (Å²) in [7, 11) is 0. The highest BCUT2D eigenvalue weighted by Gasteiger charge is 2.22. The van der Waals surface area contributed by atoms with Gasteiger partial charge in [-0.05, 0) is 34.6 Å². The van der Waals surface area contributed by atoms with Crippen LogP contribution in [-0.2, 0) is 29.7 Å². The largest absolute Gasteiger partial charge is 0.378 e. The Balaban J connectivity index is 1.31. The molecule has 1 aliphatic rings. The Labute approximate surface area is 223 Å². The lowest BCUT2D eigenvalue weighted by Gasteiger charge is -2.26. The molecule has 7 heteroatoms. The third-order valence-corrected chi connectivity index (χ3v) is 7.86. The molecule has 1 aliphatic heterocycles. The van der Waals surface area contributed by atoms with Gasteiger partial charge in [-0.3, -0.25) is 9.69 Å². The number of carbonyl (C=O) groups is 1. The van der Waals surface area contributed by atoms with E-state index in [2.05, 4.69) is 85.4 Å². The average Bonchev–Trinajstić information content (AvgIpc) is 3.54. The van der Waals surface area contributed by atoms with Gasteiger partial charge >= 0.3 is 0 Å². The molecule has 5 rings (SSSR count).